The molecule has 0 fully saturated rings. The fourth-order valence-electron chi connectivity index (χ4n) is 1.63. The van der Waals surface area contributed by atoms with E-state index >= 15 is 0 Å². The van der Waals surface area contributed by atoms with Crippen LogP contribution in [0.15, 0.2) is 42.6 Å². The van der Waals surface area contributed by atoms with Gasteiger partial charge in [-0.2, -0.15) is 0 Å². The van der Waals surface area contributed by atoms with Crippen LogP contribution in [-0.2, 0) is 13.2 Å². The van der Waals surface area contributed by atoms with Crippen LogP contribution >= 0.6 is 0 Å². The average Bonchev–Trinajstić information content (AvgIpc) is 2.77. The molecule has 0 saturated carbocycles. The molecule has 0 radical (unpaired) electrons. The summed E-state index contributed by atoms with van der Waals surface area (Å²) in [7, 11) is 0. The van der Waals surface area contributed by atoms with Crippen LogP contribution in [0, 0.1) is 0 Å². The number of nitrogens with zero attached hydrogens (tertiary/aromatic N) is 1. The Hall–Kier alpha value is -1.87. The van der Waals surface area contributed by atoms with Crippen molar-refractivity contribution in [1.82, 2.24) is 4.57 Å². The first-order valence-corrected chi connectivity index (χ1v) is 5.12. The third-order valence-electron chi connectivity index (χ3n) is 2.54. The third-order valence-corrected chi connectivity index (χ3v) is 2.54. The van der Waals surface area contributed by atoms with Gasteiger partial charge in [0.2, 0.25) is 0 Å². The molecule has 0 unspecified atom stereocenters. The number of carbonyl (C=O) groups excluding carboxylic acids is 1. The third kappa shape index (κ3) is 2.20. The molecule has 1 aromatic heterocycles. The number of rotatable bonds is 4. The minimum atomic E-state index is 0.0589. The fraction of sp³-hybridized carbons (Fsp3) is 0.154. The van der Waals surface area contributed by atoms with Crippen molar-refractivity contribution in [2.45, 2.75) is 13.2 Å². The van der Waals surface area contributed by atoms with Crippen molar-refractivity contribution in [3.05, 3.63) is 59.4 Å². The van der Waals surface area contributed by atoms with E-state index in [1.54, 1.807) is 6.07 Å². The molecule has 1 heterocycles. The van der Waals surface area contributed by atoms with Crippen LogP contribution in [0.25, 0.3) is 0 Å². The number of aromatic nitrogens is 1. The van der Waals surface area contributed by atoms with Crippen molar-refractivity contribution >= 4 is 6.29 Å². The maximum Gasteiger partial charge on any atom is 0.166 e. The van der Waals surface area contributed by atoms with Gasteiger partial charge in [0, 0.05) is 12.7 Å². The minimum absolute atomic E-state index is 0.0589. The molecule has 1 N–H and O–H groups in total. The second-order valence-electron chi connectivity index (χ2n) is 3.65. The van der Waals surface area contributed by atoms with Gasteiger partial charge in [-0.3, -0.25) is 4.79 Å². The Kier molecular flexibility index (Phi) is 3.17. The molecule has 0 bridgehead atoms. The highest BCUT2D eigenvalue weighted by Gasteiger charge is 2.00. The Morgan fingerprint density at radius 3 is 2.44 bits per heavy atom. The molecule has 3 nitrogen and oxygen atoms in total. The molecule has 2 rings (SSSR count). The summed E-state index contributed by atoms with van der Waals surface area (Å²) in [4.78, 5) is 10.7. The van der Waals surface area contributed by atoms with Gasteiger partial charge in [0.25, 0.3) is 0 Å². The zero-order valence-corrected chi connectivity index (χ0v) is 8.84. The van der Waals surface area contributed by atoms with Gasteiger partial charge < -0.3 is 9.67 Å². The molecule has 16 heavy (non-hydrogen) atoms. The summed E-state index contributed by atoms with van der Waals surface area (Å²) >= 11 is 0. The van der Waals surface area contributed by atoms with Crippen molar-refractivity contribution < 1.29 is 9.90 Å². The second kappa shape index (κ2) is 4.77. The monoisotopic (exact) mass is 215 g/mol. The van der Waals surface area contributed by atoms with E-state index in [4.69, 9.17) is 5.11 Å². The van der Waals surface area contributed by atoms with Gasteiger partial charge in [-0.1, -0.05) is 24.3 Å². The highest BCUT2D eigenvalue weighted by molar-refractivity contribution is 5.72. The van der Waals surface area contributed by atoms with E-state index in [0.717, 1.165) is 17.4 Å². The van der Waals surface area contributed by atoms with Gasteiger partial charge in [0.1, 0.15) is 0 Å². The Morgan fingerprint density at radius 2 is 1.81 bits per heavy atom. The Balaban J connectivity index is 2.17. The molecule has 0 aliphatic carbocycles. The van der Waals surface area contributed by atoms with E-state index in [-0.39, 0.29) is 6.61 Å². The van der Waals surface area contributed by atoms with Gasteiger partial charge in [-0.25, -0.2) is 0 Å². The van der Waals surface area contributed by atoms with Crippen molar-refractivity contribution in [3.63, 3.8) is 0 Å². The average molecular weight is 215 g/mol. The first-order chi connectivity index (χ1) is 7.83. The molecule has 0 spiro atoms. The van der Waals surface area contributed by atoms with Gasteiger partial charge >= 0.3 is 0 Å². The van der Waals surface area contributed by atoms with E-state index < -0.39 is 0 Å². The molecular weight excluding hydrogens is 202 g/mol. The Bertz CT molecular complexity index is 471. The molecule has 0 amide bonds. The van der Waals surface area contributed by atoms with Gasteiger partial charge in [-0.15, -0.1) is 0 Å². The van der Waals surface area contributed by atoms with Gasteiger partial charge in [-0.05, 0) is 23.3 Å². The number of hydrogen-bond acceptors (Lipinski definition) is 2. The normalized spacial score (nSPS) is 10.3. The van der Waals surface area contributed by atoms with Crippen LogP contribution in [0.4, 0.5) is 0 Å². The molecule has 3 heteroatoms. The van der Waals surface area contributed by atoms with Crippen molar-refractivity contribution in [3.8, 4) is 0 Å². The summed E-state index contributed by atoms with van der Waals surface area (Å²) in [6.07, 6.45) is 2.73. The maximum atomic E-state index is 10.7. The number of benzene rings is 1. The Labute approximate surface area is 94.0 Å². The second-order valence-corrected chi connectivity index (χ2v) is 3.65. The number of carbonyl (C=O) groups is 1. The fourth-order valence-corrected chi connectivity index (χ4v) is 1.63. The van der Waals surface area contributed by atoms with Crippen LogP contribution in [-0.4, -0.2) is 16.0 Å². The number of aliphatic hydroxyl groups is 1. The molecule has 0 saturated heterocycles. The van der Waals surface area contributed by atoms with Gasteiger partial charge in [0.05, 0.1) is 12.3 Å². The quantitative estimate of drug-likeness (QED) is 0.791. The largest absolute Gasteiger partial charge is 0.392 e. The first kappa shape index (κ1) is 10.6. The van der Waals surface area contributed by atoms with Gasteiger partial charge in [0.15, 0.2) is 6.29 Å². The van der Waals surface area contributed by atoms with E-state index in [2.05, 4.69) is 0 Å². The zero-order chi connectivity index (χ0) is 11.4. The molecule has 0 atom stereocenters. The summed E-state index contributed by atoms with van der Waals surface area (Å²) in [6, 6.07) is 11.3. The molecular formula is C13H13NO2. The van der Waals surface area contributed by atoms with Crippen molar-refractivity contribution in [1.29, 1.82) is 0 Å². The summed E-state index contributed by atoms with van der Waals surface area (Å²) in [5.41, 5.74) is 2.68. The van der Waals surface area contributed by atoms with E-state index in [0.29, 0.717) is 12.2 Å². The molecule has 2 aromatic rings. The lowest BCUT2D eigenvalue weighted by molar-refractivity contribution is 0.111. The number of hydrogen-bond donors (Lipinski definition) is 1. The van der Waals surface area contributed by atoms with E-state index in [1.165, 1.54) is 0 Å². The van der Waals surface area contributed by atoms with E-state index in [1.807, 2.05) is 41.1 Å². The standard InChI is InChI=1S/C13H13NO2/c15-9-12-5-3-11(4-6-12)8-14-7-1-2-13(14)10-16/h1-7,10,15H,8-9H2. The smallest absolute Gasteiger partial charge is 0.166 e. The molecule has 1 aromatic carbocycles. The summed E-state index contributed by atoms with van der Waals surface area (Å²) in [6.45, 7) is 0.732. The summed E-state index contributed by atoms with van der Waals surface area (Å²) < 4.78 is 1.89. The molecule has 0 aliphatic rings. The number of aliphatic hydroxyl groups excluding tert-OH is 1. The highest BCUT2D eigenvalue weighted by Crippen LogP contribution is 2.08. The van der Waals surface area contributed by atoms with Crippen LogP contribution < -0.4 is 0 Å². The molecule has 82 valence electrons. The lowest BCUT2D eigenvalue weighted by Crippen LogP contribution is -2.02. The maximum absolute atomic E-state index is 10.7. The predicted octanol–water partition coefficient (Wildman–Crippen LogP) is 1.84. The van der Waals surface area contributed by atoms with Crippen LogP contribution in [0.3, 0.4) is 0 Å². The topological polar surface area (TPSA) is 42.2 Å². The zero-order valence-electron chi connectivity index (χ0n) is 8.84. The molecule has 0 aliphatic heterocycles. The Morgan fingerprint density at radius 1 is 1.12 bits per heavy atom. The lowest BCUT2D eigenvalue weighted by atomic mass is 10.1. The van der Waals surface area contributed by atoms with E-state index in [9.17, 15) is 4.79 Å². The highest BCUT2D eigenvalue weighted by atomic mass is 16.3. The first-order valence-electron chi connectivity index (χ1n) is 5.12. The predicted molar refractivity (Wildman–Crippen MR) is 61.3 cm³/mol. The van der Waals surface area contributed by atoms with Crippen molar-refractivity contribution in [2.24, 2.45) is 0 Å². The number of aldehydes is 1. The van der Waals surface area contributed by atoms with Crippen LogP contribution in [0.2, 0.25) is 0 Å². The van der Waals surface area contributed by atoms with Crippen molar-refractivity contribution in [2.75, 3.05) is 0 Å². The minimum Gasteiger partial charge on any atom is -0.392 e. The SMILES string of the molecule is O=Cc1cccn1Cc1ccc(CO)cc1. The summed E-state index contributed by atoms with van der Waals surface area (Å²) in [5, 5.41) is 8.92. The summed E-state index contributed by atoms with van der Waals surface area (Å²) in [5.74, 6) is 0. The lowest BCUT2D eigenvalue weighted by Gasteiger charge is -2.06. The van der Waals surface area contributed by atoms with Crippen LogP contribution in [0.1, 0.15) is 21.6 Å². The van der Waals surface area contributed by atoms with Crippen LogP contribution in [0.5, 0.6) is 0 Å².